The van der Waals surface area contributed by atoms with Crippen molar-refractivity contribution in [3.05, 3.63) is 167 Å². The van der Waals surface area contributed by atoms with Gasteiger partial charge in [-0.2, -0.15) is 0 Å². The highest BCUT2D eigenvalue weighted by atomic mass is 19.2. The molecule has 0 unspecified atom stereocenters. The first-order valence-electron chi connectivity index (χ1n) is 21.2. The minimum absolute atomic E-state index is 0.276. The summed E-state index contributed by atoms with van der Waals surface area (Å²) in [6.45, 7) is 4.36. The lowest BCUT2D eigenvalue weighted by Crippen LogP contribution is -1.95. The molecule has 0 aliphatic carbocycles. The van der Waals surface area contributed by atoms with Gasteiger partial charge >= 0.3 is 0 Å². The fraction of sp³-hybridized carbons (Fsp3) is 0.321. The van der Waals surface area contributed by atoms with Crippen LogP contribution in [-0.2, 0) is 25.7 Å². The summed E-state index contributed by atoms with van der Waals surface area (Å²) in [6, 6.07) is 37.9. The van der Waals surface area contributed by atoms with Crippen LogP contribution in [0.15, 0.2) is 121 Å². The van der Waals surface area contributed by atoms with Gasteiger partial charge < -0.3 is 0 Å². The molecule has 0 aliphatic heterocycles. The Morgan fingerprint density at radius 1 is 0.263 bits per heavy atom. The van der Waals surface area contributed by atoms with Crippen molar-refractivity contribution < 1.29 is 17.6 Å². The monoisotopic (exact) mass is 768 g/mol. The van der Waals surface area contributed by atoms with E-state index >= 15 is 17.6 Å². The molecule has 0 nitrogen and oxygen atoms in total. The molecule has 6 aromatic carbocycles. The largest absolute Gasteiger partial charge is 0.203 e. The molecule has 4 heteroatoms. The molecule has 0 fully saturated rings. The first-order chi connectivity index (χ1) is 27.9. The number of benzene rings is 6. The maximum absolute atomic E-state index is 15.3. The standard InChI is InChI=1S/C53H56F4/c1-3-5-10-14-38-18-26-42(27-19-38)46-34-36-48(52(56)50(46)54)44-30-22-40(23-31-44)16-12-8-7-9-13-17-41-24-32-45(33-25-41)49-37-35-47(51(55)53(49)57)43-28-20-39(21-29-43)15-11-6-4-2/h18-37H,3-17H2,1-2H3. The Balaban J connectivity index is 0.920. The third kappa shape index (κ3) is 11.1. The quantitative estimate of drug-likeness (QED) is 0.0536. The molecule has 0 saturated heterocycles. The second-order valence-electron chi connectivity index (χ2n) is 15.5. The molecule has 0 aromatic heterocycles. The summed E-state index contributed by atoms with van der Waals surface area (Å²) in [7, 11) is 0. The lowest BCUT2D eigenvalue weighted by atomic mass is 9.96. The molecule has 0 heterocycles. The molecule has 0 amide bonds. The molecule has 0 aliphatic rings. The van der Waals surface area contributed by atoms with Crippen molar-refractivity contribution in [1.29, 1.82) is 0 Å². The van der Waals surface area contributed by atoms with Crippen molar-refractivity contribution in [2.45, 2.75) is 110 Å². The first kappa shape index (κ1) is 41.7. The minimum Gasteiger partial charge on any atom is -0.203 e. The molecule has 0 saturated carbocycles. The number of halogens is 4. The van der Waals surface area contributed by atoms with Gasteiger partial charge in [0, 0.05) is 22.3 Å². The summed E-state index contributed by atoms with van der Waals surface area (Å²) < 4.78 is 61.1. The summed E-state index contributed by atoms with van der Waals surface area (Å²) in [6.07, 6.45) is 16.4. The fourth-order valence-electron chi connectivity index (χ4n) is 7.74. The first-order valence-corrected chi connectivity index (χ1v) is 21.2. The maximum Gasteiger partial charge on any atom is 0.167 e. The summed E-state index contributed by atoms with van der Waals surface area (Å²) in [5, 5.41) is 0. The Labute approximate surface area is 338 Å². The second-order valence-corrected chi connectivity index (χ2v) is 15.5. The zero-order chi connectivity index (χ0) is 40.0. The van der Waals surface area contributed by atoms with Gasteiger partial charge in [0.1, 0.15) is 0 Å². The number of hydrogen-bond donors (Lipinski definition) is 0. The van der Waals surface area contributed by atoms with Crippen LogP contribution >= 0.6 is 0 Å². The molecule has 0 atom stereocenters. The van der Waals surface area contributed by atoms with Gasteiger partial charge in [-0.3, -0.25) is 0 Å². The number of rotatable bonds is 20. The Morgan fingerprint density at radius 2 is 0.474 bits per heavy atom. The summed E-state index contributed by atoms with van der Waals surface area (Å²) in [5.74, 6) is -3.24. The zero-order valence-electron chi connectivity index (χ0n) is 33.7. The Bertz CT molecular complexity index is 1990. The van der Waals surface area contributed by atoms with Gasteiger partial charge in [-0.1, -0.05) is 180 Å². The molecular formula is C53H56F4. The van der Waals surface area contributed by atoms with Crippen molar-refractivity contribution in [2.75, 3.05) is 0 Å². The molecule has 0 spiro atoms. The van der Waals surface area contributed by atoms with Crippen LogP contribution in [0.1, 0.15) is 107 Å². The van der Waals surface area contributed by atoms with Gasteiger partial charge in [0.15, 0.2) is 23.3 Å². The fourth-order valence-corrected chi connectivity index (χ4v) is 7.74. The molecule has 0 bridgehead atoms. The van der Waals surface area contributed by atoms with E-state index in [4.69, 9.17) is 0 Å². The highest BCUT2D eigenvalue weighted by molar-refractivity contribution is 5.73. The summed E-state index contributed by atoms with van der Waals surface area (Å²) in [5.41, 5.74) is 8.65. The van der Waals surface area contributed by atoms with Crippen molar-refractivity contribution in [1.82, 2.24) is 0 Å². The van der Waals surface area contributed by atoms with Gasteiger partial charge in [0.25, 0.3) is 0 Å². The normalized spacial score (nSPS) is 11.3. The highest BCUT2D eigenvalue weighted by Gasteiger charge is 2.18. The van der Waals surface area contributed by atoms with Crippen LogP contribution in [0.25, 0.3) is 44.5 Å². The predicted octanol–water partition coefficient (Wildman–Crippen LogP) is 16.1. The molecule has 0 radical (unpaired) electrons. The SMILES string of the molecule is CCCCCc1ccc(-c2ccc(-c3ccc(CCCCCCCc4ccc(-c5ccc(-c6ccc(CCCCC)cc6)c(F)c5F)cc4)cc3)c(F)c2F)cc1. The average Bonchev–Trinajstić information content (AvgIpc) is 3.24. The second kappa shape index (κ2) is 21.0. The Morgan fingerprint density at radius 3 is 0.702 bits per heavy atom. The van der Waals surface area contributed by atoms with Crippen LogP contribution in [0.4, 0.5) is 17.6 Å². The van der Waals surface area contributed by atoms with E-state index in [0.29, 0.717) is 22.3 Å². The van der Waals surface area contributed by atoms with Gasteiger partial charge in [-0.25, -0.2) is 17.6 Å². The summed E-state index contributed by atoms with van der Waals surface area (Å²) >= 11 is 0. The van der Waals surface area contributed by atoms with Crippen LogP contribution in [0.5, 0.6) is 0 Å². The van der Waals surface area contributed by atoms with Crippen molar-refractivity contribution >= 4 is 0 Å². The smallest absolute Gasteiger partial charge is 0.167 e. The van der Waals surface area contributed by atoms with Crippen LogP contribution in [0, 0.1) is 23.3 Å². The Hall–Kier alpha value is -4.96. The van der Waals surface area contributed by atoms with Crippen molar-refractivity contribution in [2.24, 2.45) is 0 Å². The van der Waals surface area contributed by atoms with Crippen molar-refractivity contribution in [3.63, 3.8) is 0 Å². The minimum atomic E-state index is -0.813. The van der Waals surface area contributed by atoms with E-state index in [9.17, 15) is 0 Å². The predicted molar refractivity (Wildman–Crippen MR) is 231 cm³/mol. The average molecular weight is 769 g/mol. The lowest BCUT2D eigenvalue weighted by Gasteiger charge is -2.11. The third-order valence-corrected chi connectivity index (χ3v) is 11.3. The van der Waals surface area contributed by atoms with Gasteiger partial charge in [0.2, 0.25) is 0 Å². The van der Waals surface area contributed by atoms with Gasteiger partial charge in [0.05, 0.1) is 0 Å². The topological polar surface area (TPSA) is 0 Å². The van der Waals surface area contributed by atoms with E-state index in [0.717, 1.165) is 70.6 Å². The van der Waals surface area contributed by atoms with E-state index in [2.05, 4.69) is 13.8 Å². The van der Waals surface area contributed by atoms with Gasteiger partial charge in [-0.15, -0.1) is 0 Å². The van der Waals surface area contributed by atoms with Crippen LogP contribution in [-0.4, -0.2) is 0 Å². The van der Waals surface area contributed by atoms with Crippen molar-refractivity contribution in [3.8, 4) is 44.5 Å². The number of unbranched alkanes of at least 4 members (excludes halogenated alkanes) is 8. The number of hydrogen-bond acceptors (Lipinski definition) is 0. The maximum atomic E-state index is 15.3. The van der Waals surface area contributed by atoms with Crippen LogP contribution in [0.2, 0.25) is 0 Å². The van der Waals surface area contributed by atoms with E-state index in [-0.39, 0.29) is 22.3 Å². The molecule has 0 N–H and O–H groups in total. The van der Waals surface area contributed by atoms with Crippen LogP contribution < -0.4 is 0 Å². The molecule has 6 rings (SSSR count). The van der Waals surface area contributed by atoms with Gasteiger partial charge in [-0.05, 0) is 95.9 Å². The summed E-state index contributed by atoms with van der Waals surface area (Å²) in [4.78, 5) is 0. The van der Waals surface area contributed by atoms with Crippen LogP contribution in [0.3, 0.4) is 0 Å². The van der Waals surface area contributed by atoms with E-state index in [1.807, 2.05) is 97.1 Å². The zero-order valence-corrected chi connectivity index (χ0v) is 33.7. The highest BCUT2D eigenvalue weighted by Crippen LogP contribution is 2.34. The van der Waals surface area contributed by atoms with E-state index in [1.165, 1.54) is 47.9 Å². The Kier molecular flexibility index (Phi) is 15.3. The molecular weight excluding hydrogens is 713 g/mol. The molecule has 57 heavy (non-hydrogen) atoms. The van der Waals surface area contributed by atoms with E-state index in [1.54, 1.807) is 24.3 Å². The lowest BCUT2D eigenvalue weighted by molar-refractivity contribution is 0.514. The van der Waals surface area contributed by atoms with E-state index < -0.39 is 23.3 Å². The molecule has 6 aromatic rings. The number of aryl methyl sites for hydroxylation is 4. The molecule has 296 valence electrons. The third-order valence-electron chi connectivity index (χ3n) is 11.3.